The van der Waals surface area contributed by atoms with Gasteiger partial charge in [0.05, 0.1) is 23.2 Å². The smallest absolute Gasteiger partial charge is 0.243 e. The number of carbonyl (C=O) groups excluding carboxylic acids is 1. The van der Waals surface area contributed by atoms with Crippen molar-refractivity contribution in [3.05, 3.63) is 54.7 Å². The van der Waals surface area contributed by atoms with Gasteiger partial charge in [-0.15, -0.1) is 0 Å². The first-order valence-corrected chi connectivity index (χ1v) is 11.0. The second kappa shape index (κ2) is 9.87. The highest BCUT2D eigenvalue weighted by Crippen LogP contribution is 2.34. The summed E-state index contributed by atoms with van der Waals surface area (Å²) in [6.45, 7) is 0.750. The van der Waals surface area contributed by atoms with Crippen LogP contribution >= 0.6 is 0 Å². The topological polar surface area (TPSA) is 90.5 Å². The predicted molar refractivity (Wildman–Crippen MR) is 126 cm³/mol. The Bertz CT molecular complexity index is 1080. The maximum absolute atomic E-state index is 12.1. The molecule has 1 heterocycles. The van der Waals surface area contributed by atoms with E-state index in [4.69, 9.17) is 4.74 Å². The van der Waals surface area contributed by atoms with Gasteiger partial charge in [-0.05, 0) is 75.2 Å². The number of phenols is 1. The third-order valence-electron chi connectivity index (χ3n) is 5.78. The van der Waals surface area contributed by atoms with E-state index in [2.05, 4.69) is 15.5 Å². The molecule has 1 aliphatic carbocycles. The van der Waals surface area contributed by atoms with E-state index in [1.54, 1.807) is 24.4 Å². The number of aromatic amines is 1. The molecule has 0 radical (unpaired) electrons. The molecule has 0 unspecified atom stereocenters. The van der Waals surface area contributed by atoms with Gasteiger partial charge in [0.2, 0.25) is 5.91 Å². The average molecular weight is 435 g/mol. The van der Waals surface area contributed by atoms with Crippen LogP contribution in [0.4, 0.5) is 0 Å². The summed E-state index contributed by atoms with van der Waals surface area (Å²) in [4.78, 5) is 14.1. The molecular formula is C25H30N4O3. The van der Waals surface area contributed by atoms with E-state index in [9.17, 15) is 9.90 Å². The molecule has 2 aromatic carbocycles. The summed E-state index contributed by atoms with van der Waals surface area (Å²) in [6.07, 6.45) is 8.94. The Kier molecular flexibility index (Phi) is 6.75. The molecule has 168 valence electrons. The number of ether oxygens (including phenoxy) is 1. The van der Waals surface area contributed by atoms with Gasteiger partial charge in [-0.2, -0.15) is 5.10 Å². The van der Waals surface area contributed by atoms with Crippen molar-refractivity contribution in [3.8, 4) is 22.6 Å². The second-order valence-corrected chi connectivity index (χ2v) is 8.62. The lowest BCUT2D eigenvalue weighted by atomic mass is 9.92. The van der Waals surface area contributed by atoms with Gasteiger partial charge in [0, 0.05) is 18.7 Å². The van der Waals surface area contributed by atoms with E-state index >= 15 is 0 Å². The van der Waals surface area contributed by atoms with Crippen molar-refractivity contribution in [1.29, 1.82) is 0 Å². The van der Waals surface area contributed by atoms with Crippen molar-refractivity contribution < 1.29 is 14.6 Å². The number of amides is 1. The quantitative estimate of drug-likeness (QED) is 0.491. The Morgan fingerprint density at radius 3 is 2.66 bits per heavy atom. The normalized spacial score (nSPS) is 19.0. The molecule has 3 N–H and O–H groups in total. The first-order chi connectivity index (χ1) is 15.5. The van der Waals surface area contributed by atoms with Crippen LogP contribution in [0, 0.1) is 0 Å². The van der Waals surface area contributed by atoms with Crippen LogP contribution in [0.25, 0.3) is 22.0 Å². The van der Waals surface area contributed by atoms with Crippen molar-refractivity contribution in [1.82, 2.24) is 20.4 Å². The molecule has 3 aromatic rings. The fourth-order valence-electron chi connectivity index (χ4n) is 4.06. The molecule has 4 rings (SSSR count). The molecule has 1 aromatic heterocycles. The number of nitrogens with one attached hydrogen (secondary N) is 2. The van der Waals surface area contributed by atoms with Crippen LogP contribution < -0.4 is 10.1 Å². The highest BCUT2D eigenvalue weighted by atomic mass is 16.5. The Balaban J connectivity index is 1.39. The number of rotatable bonds is 7. The van der Waals surface area contributed by atoms with Crippen molar-refractivity contribution in [2.24, 2.45) is 0 Å². The van der Waals surface area contributed by atoms with Crippen LogP contribution in [0.2, 0.25) is 0 Å². The summed E-state index contributed by atoms with van der Waals surface area (Å²) in [5, 5.41) is 20.9. The molecule has 32 heavy (non-hydrogen) atoms. The third kappa shape index (κ3) is 5.48. The highest BCUT2D eigenvalue weighted by molar-refractivity contribution is 5.90. The van der Waals surface area contributed by atoms with Gasteiger partial charge >= 0.3 is 0 Å². The molecule has 7 nitrogen and oxygen atoms in total. The number of fused-ring (bicyclic) bond motifs is 1. The van der Waals surface area contributed by atoms with Crippen molar-refractivity contribution in [2.45, 2.75) is 37.8 Å². The number of H-pyrrole nitrogens is 1. The zero-order valence-electron chi connectivity index (χ0n) is 18.5. The molecule has 0 bridgehead atoms. The molecular weight excluding hydrogens is 404 g/mol. The summed E-state index contributed by atoms with van der Waals surface area (Å²) in [7, 11) is 3.95. The highest BCUT2D eigenvalue weighted by Gasteiger charge is 2.24. The van der Waals surface area contributed by atoms with E-state index in [1.807, 2.05) is 49.3 Å². The minimum Gasteiger partial charge on any atom is -0.508 e. The third-order valence-corrected chi connectivity index (χ3v) is 5.78. The van der Waals surface area contributed by atoms with E-state index in [0.717, 1.165) is 60.0 Å². The number of carbonyl (C=O) groups is 1. The van der Waals surface area contributed by atoms with Gasteiger partial charge in [-0.3, -0.25) is 9.89 Å². The zero-order valence-corrected chi connectivity index (χ0v) is 18.5. The first-order valence-electron chi connectivity index (χ1n) is 11.0. The van der Waals surface area contributed by atoms with Crippen LogP contribution in [0.3, 0.4) is 0 Å². The van der Waals surface area contributed by atoms with Gasteiger partial charge in [-0.1, -0.05) is 18.2 Å². The van der Waals surface area contributed by atoms with Crippen molar-refractivity contribution in [3.63, 3.8) is 0 Å². The SMILES string of the molecule is CN(C)C/C=C/C(=O)N[C@H]1CC[C@@H](Oc2cc(-c3ccc(O)cc3)cc3[nH]ncc23)CC1. The number of benzene rings is 2. The van der Waals surface area contributed by atoms with Gasteiger partial charge in [-0.25, -0.2) is 0 Å². The average Bonchev–Trinajstić information content (AvgIpc) is 3.24. The molecule has 0 spiro atoms. The van der Waals surface area contributed by atoms with Gasteiger partial charge in [0.1, 0.15) is 11.5 Å². The number of nitrogens with zero attached hydrogens (tertiary/aromatic N) is 2. The van der Waals surface area contributed by atoms with Crippen LogP contribution in [-0.4, -0.2) is 58.9 Å². The fraction of sp³-hybridized carbons (Fsp3) is 0.360. The maximum atomic E-state index is 12.1. The molecule has 1 aliphatic rings. The predicted octanol–water partition coefficient (Wildman–Crippen LogP) is 3.86. The van der Waals surface area contributed by atoms with E-state index < -0.39 is 0 Å². The molecule has 0 aliphatic heterocycles. The first kappa shape index (κ1) is 21.9. The summed E-state index contributed by atoms with van der Waals surface area (Å²) in [5.74, 6) is 1.02. The van der Waals surface area contributed by atoms with E-state index in [-0.39, 0.29) is 23.8 Å². The number of likely N-dealkylation sites (N-methyl/N-ethyl adjacent to an activating group) is 1. The number of hydrogen-bond donors (Lipinski definition) is 3. The van der Waals surface area contributed by atoms with Gasteiger partial charge in [0.15, 0.2) is 0 Å². The lowest BCUT2D eigenvalue weighted by Crippen LogP contribution is -2.39. The minimum absolute atomic E-state index is 0.0297. The second-order valence-electron chi connectivity index (χ2n) is 8.62. The molecule has 1 saturated carbocycles. The molecule has 0 atom stereocenters. The summed E-state index contributed by atoms with van der Waals surface area (Å²) in [6, 6.07) is 11.4. The minimum atomic E-state index is -0.0297. The Labute approximate surface area is 188 Å². The van der Waals surface area contributed by atoms with E-state index in [0.29, 0.717) is 0 Å². The number of hydrogen-bond acceptors (Lipinski definition) is 5. The fourth-order valence-corrected chi connectivity index (χ4v) is 4.06. The summed E-state index contributed by atoms with van der Waals surface area (Å²) in [5.41, 5.74) is 2.91. The Morgan fingerprint density at radius 2 is 1.94 bits per heavy atom. The largest absolute Gasteiger partial charge is 0.508 e. The number of phenolic OH excluding ortho intramolecular Hbond substituents is 1. The number of aromatic hydroxyl groups is 1. The molecule has 1 amide bonds. The zero-order chi connectivity index (χ0) is 22.5. The van der Waals surface area contributed by atoms with Crippen molar-refractivity contribution in [2.75, 3.05) is 20.6 Å². The molecule has 1 fully saturated rings. The Morgan fingerprint density at radius 1 is 1.19 bits per heavy atom. The standard InChI is InChI=1S/C25H30N4O3/c1-29(2)13-3-4-25(31)27-19-7-11-21(12-8-19)32-24-15-18(14-23-22(24)16-26-28-23)17-5-9-20(30)10-6-17/h3-6,9-10,14-16,19,21,30H,7-8,11-13H2,1-2H3,(H,26,28)(H,27,31)/b4-3+/t19-,21+. The van der Waals surface area contributed by atoms with Crippen LogP contribution in [0.5, 0.6) is 11.5 Å². The monoisotopic (exact) mass is 434 g/mol. The molecule has 7 heteroatoms. The van der Waals surface area contributed by atoms with Crippen LogP contribution in [0.15, 0.2) is 54.7 Å². The van der Waals surface area contributed by atoms with Crippen molar-refractivity contribution >= 4 is 16.8 Å². The van der Waals surface area contributed by atoms with Gasteiger partial charge < -0.3 is 20.1 Å². The van der Waals surface area contributed by atoms with Crippen LogP contribution in [0.1, 0.15) is 25.7 Å². The van der Waals surface area contributed by atoms with E-state index in [1.165, 1.54) is 0 Å². The maximum Gasteiger partial charge on any atom is 0.243 e. The lowest BCUT2D eigenvalue weighted by Gasteiger charge is -2.29. The van der Waals surface area contributed by atoms with Gasteiger partial charge in [0.25, 0.3) is 0 Å². The van der Waals surface area contributed by atoms with Crippen LogP contribution in [-0.2, 0) is 4.79 Å². The summed E-state index contributed by atoms with van der Waals surface area (Å²) >= 11 is 0. The summed E-state index contributed by atoms with van der Waals surface area (Å²) < 4.78 is 6.42. The molecule has 0 saturated heterocycles. The number of aromatic nitrogens is 2. The Hall–Kier alpha value is -3.32. The lowest BCUT2D eigenvalue weighted by molar-refractivity contribution is -0.117.